The molecule has 0 spiro atoms. The van der Waals surface area contributed by atoms with Crippen LogP contribution in [0.25, 0.3) is 0 Å². The van der Waals surface area contributed by atoms with Crippen LogP contribution in [0, 0.1) is 11.8 Å². The number of ketones is 1. The molecule has 1 amide bonds. The summed E-state index contributed by atoms with van der Waals surface area (Å²) in [6.07, 6.45) is 4.59. The molecule has 3 heterocycles. The van der Waals surface area contributed by atoms with Crippen molar-refractivity contribution in [3.8, 4) is 0 Å². The van der Waals surface area contributed by atoms with Gasteiger partial charge in [-0.05, 0) is 42.9 Å². The van der Waals surface area contributed by atoms with Gasteiger partial charge in [-0.15, -0.1) is 0 Å². The third kappa shape index (κ3) is 6.65. The maximum absolute atomic E-state index is 12.8. The maximum Gasteiger partial charge on any atom is 0.225 e. The molecule has 2 aliphatic rings. The third-order valence-electron chi connectivity index (χ3n) is 5.95. The Kier molecular flexibility index (Phi) is 10.4. The number of benzene rings is 1. The van der Waals surface area contributed by atoms with Crippen molar-refractivity contribution in [1.82, 2.24) is 9.88 Å². The summed E-state index contributed by atoms with van der Waals surface area (Å²) in [6.45, 7) is 13.0. The molecular formula is C27H39N3O2. The normalized spacial score (nSPS) is 16.2. The second-order valence-corrected chi connectivity index (χ2v) is 8.02. The van der Waals surface area contributed by atoms with Crippen LogP contribution in [0.3, 0.4) is 0 Å². The number of nitrogens with zero attached hydrogens (tertiary/aromatic N) is 3. The topological polar surface area (TPSA) is 53.5 Å². The predicted molar refractivity (Wildman–Crippen MR) is 132 cm³/mol. The highest BCUT2D eigenvalue weighted by atomic mass is 16.2. The minimum Gasteiger partial charge on any atom is -0.370 e. The fraction of sp³-hybridized carbons (Fsp3) is 0.519. The summed E-state index contributed by atoms with van der Waals surface area (Å²) in [5.41, 5.74) is 2.89. The van der Waals surface area contributed by atoms with Gasteiger partial charge in [-0.25, -0.2) is 0 Å². The Bertz CT molecular complexity index is 822. The van der Waals surface area contributed by atoms with Crippen LogP contribution in [0.1, 0.15) is 63.5 Å². The van der Waals surface area contributed by atoms with E-state index in [-0.39, 0.29) is 11.7 Å². The van der Waals surface area contributed by atoms with Crippen LogP contribution < -0.4 is 4.90 Å². The van der Waals surface area contributed by atoms with Crippen LogP contribution in [-0.4, -0.2) is 47.8 Å². The van der Waals surface area contributed by atoms with E-state index in [9.17, 15) is 9.59 Å². The van der Waals surface area contributed by atoms with Gasteiger partial charge >= 0.3 is 0 Å². The smallest absolute Gasteiger partial charge is 0.225 e. The van der Waals surface area contributed by atoms with E-state index < -0.39 is 0 Å². The minimum atomic E-state index is -0.0176. The zero-order valence-electron chi connectivity index (χ0n) is 20.4. The van der Waals surface area contributed by atoms with Crippen molar-refractivity contribution in [2.75, 3.05) is 31.1 Å². The molecule has 0 N–H and O–H groups in total. The van der Waals surface area contributed by atoms with E-state index in [0.29, 0.717) is 17.5 Å². The van der Waals surface area contributed by atoms with Crippen LogP contribution in [0.4, 0.5) is 5.69 Å². The molecule has 0 bridgehead atoms. The molecule has 2 fully saturated rings. The summed E-state index contributed by atoms with van der Waals surface area (Å²) in [5, 5.41) is 0. The largest absolute Gasteiger partial charge is 0.370 e. The van der Waals surface area contributed by atoms with Crippen molar-refractivity contribution in [2.45, 2.75) is 53.9 Å². The van der Waals surface area contributed by atoms with Crippen LogP contribution in [0.5, 0.6) is 0 Å². The molecule has 2 aromatic rings. The molecule has 1 aromatic carbocycles. The molecule has 1 aromatic heterocycles. The second kappa shape index (κ2) is 13.0. The lowest BCUT2D eigenvalue weighted by atomic mass is 9.88. The van der Waals surface area contributed by atoms with Gasteiger partial charge in [0.05, 0.1) is 11.9 Å². The zero-order chi connectivity index (χ0) is 23.5. The SMILES string of the molecule is CC.CC.CC(=O)c1ccc(N2CCC(C(=O)N3CC(Cc4ccccc4)C3)CC2)cn1. The first-order valence-corrected chi connectivity index (χ1v) is 12.1. The lowest BCUT2D eigenvalue weighted by molar-refractivity contribution is -0.142. The molecule has 5 nitrogen and oxygen atoms in total. The van der Waals surface area contributed by atoms with E-state index in [0.717, 1.165) is 51.1 Å². The minimum absolute atomic E-state index is 0.0176. The molecule has 0 unspecified atom stereocenters. The number of carbonyl (C=O) groups is 2. The van der Waals surface area contributed by atoms with Gasteiger partial charge in [0.25, 0.3) is 0 Å². The number of pyridine rings is 1. The van der Waals surface area contributed by atoms with Crippen molar-refractivity contribution < 1.29 is 9.59 Å². The van der Waals surface area contributed by atoms with E-state index in [1.807, 2.05) is 44.7 Å². The number of rotatable bonds is 5. The van der Waals surface area contributed by atoms with Gasteiger partial charge in [0.1, 0.15) is 5.69 Å². The number of carbonyl (C=O) groups excluding carboxylic acids is 2. The van der Waals surface area contributed by atoms with Gasteiger partial charge in [0.2, 0.25) is 5.91 Å². The zero-order valence-corrected chi connectivity index (χ0v) is 20.4. The van der Waals surface area contributed by atoms with Crippen LogP contribution in [0.2, 0.25) is 0 Å². The fourth-order valence-corrected chi connectivity index (χ4v) is 4.25. The molecule has 0 radical (unpaired) electrons. The van der Waals surface area contributed by atoms with Crippen molar-refractivity contribution in [3.63, 3.8) is 0 Å². The monoisotopic (exact) mass is 437 g/mol. The van der Waals surface area contributed by atoms with Crippen LogP contribution >= 0.6 is 0 Å². The van der Waals surface area contributed by atoms with Crippen molar-refractivity contribution in [3.05, 3.63) is 59.9 Å². The van der Waals surface area contributed by atoms with Crippen molar-refractivity contribution >= 4 is 17.4 Å². The van der Waals surface area contributed by atoms with Gasteiger partial charge < -0.3 is 9.80 Å². The van der Waals surface area contributed by atoms with Gasteiger partial charge in [0, 0.05) is 39.0 Å². The van der Waals surface area contributed by atoms with Gasteiger partial charge in [-0.1, -0.05) is 58.0 Å². The van der Waals surface area contributed by atoms with Crippen LogP contribution in [0.15, 0.2) is 48.7 Å². The Balaban J connectivity index is 0.000000860. The summed E-state index contributed by atoms with van der Waals surface area (Å²) < 4.78 is 0. The summed E-state index contributed by atoms with van der Waals surface area (Å²) in [7, 11) is 0. The molecule has 174 valence electrons. The summed E-state index contributed by atoms with van der Waals surface area (Å²) >= 11 is 0. The molecule has 2 aliphatic heterocycles. The molecular weight excluding hydrogens is 398 g/mol. The molecule has 2 saturated heterocycles. The quantitative estimate of drug-likeness (QED) is 0.599. The fourth-order valence-electron chi connectivity index (χ4n) is 4.25. The van der Waals surface area contributed by atoms with E-state index >= 15 is 0 Å². The molecule has 5 heteroatoms. The molecule has 0 aliphatic carbocycles. The van der Waals surface area contributed by atoms with Gasteiger partial charge in [-0.3, -0.25) is 14.6 Å². The summed E-state index contributed by atoms with van der Waals surface area (Å²) in [5.74, 6) is 1.04. The molecule has 32 heavy (non-hydrogen) atoms. The number of aromatic nitrogens is 1. The van der Waals surface area contributed by atoms with E-state index in [1.165, 1.54) is 12.5 Å². The Morgan fingerprint density at radius 3 is 2.09 bits per heavy atom. The Morgan fingerprint density at radius 1 is 0.938 bits per heavy atom. The third-order valence-corrected chi connectivity index (χ3v) is 5.95. The Labute approximate surface area is 193 Å². The Morgan fingerprint density at radius 2 is 1.56 bits per heavy atom. The number of anilines is 1. The predicted octanol–water partition coefficient (Wildman–Crippen LogP) is 5.25. The number of hydrogen-bond acceptors (Lipinski definition) is 4. The number of piperidine rings is 1. The first-order valence-electron chi connectivity index (χ1n) is 12.1. The lowest BCUT2D eigenvalue weighted by Crippen LogP contribution is -2.54. The average Bonchev–Trinajstić information content (AvgIpc) is 2.84. The van der Waals surface area contributed by atoms with Crippen molar-refractivity contribution in [2.24, 2.45) is 11.8 Å². The Hall–Kier alpha value is -2.69. The highest BCUT2D eigenvalue weighted by Crippen LogP contribution is 2.28. The van der Waals surface area contributed by atoms with Gasteiger partial charge in [0.15, 0.2) is 5.78 Å². The second-order valence-electron chi connectivity index (χ2n) is 8.02. The average molecular weight is 438 g/mol. The van der Waals surface area contributed by atoms with Gasteiger partial charge in [-0.2, -0.15) is 0 Å². The van der Waals surface area contributed by atoms with Crippen molar-refractivity contribution in [1.29, 1.82) is 0 Å². The first-order chi connectivity index (χ1) is 15.6. The number of amides is 1. The first kappa shape index (κ1) is 25.6. The summed E-state index contributed by atoms with van der Waals surface area (Å²) in [6, 6.07) is 14.3. The van der Waals surface area contributed by atoms with E-state index in [2.05, 4.69) is 34.1 Å². The lowest BCUT2D eigenvalue weighted by Gasteiger charge is -2.43. The number of likely N-dealkylation sites (tertiary alicyclic amines) is 1. The number of hydrogen-bond donors (Lipinski definition) is 0. The summed E-state index contributed by atoms with van der Waals surface area (Å²) in [4.78, 5) is 32.7. The molecule has 4 rings (SSSR count). The highest BCUT2D eigenvalue weighted by Gasteiger charge is 2.35. The standard InChI is InChI=1S/C23H27N3O2.2C2H6/c1-17(27)22-8-7-21(14-24-22)25-11-9-20(10-12-25)23(28)26-15-19(16-26)13-18-5-3-2-4-6-18;2*1-2/h2-8,14,19-20H,9-13,15-16H2,1H3;2*1-2H3. The van der Waals surface area contributed by atoms with E-state index in [1.54, 1.807) is 12.3 Å². The molecule has 0 atom stereocenters. The maximum atomic E-state index is 12.8. The van der Waals surface area contributed by atoms with E-state index in [4.69, 9.17) is 0 Å². The number of Topliss-reactive ketones (excluding diaryl/α,β-unsaturated/α-hetero) is 1. The highest BCUT2D eigenvalue weighted by molar-refractivity contribution is 5.92. The van der Waals surface area contributed by atoms with Crippen LogP contribution in [-0.2, 0) is 11.2 Å². The molecule has 0 saturated carbocycles.